The van der Waals surface area contributed by atoms with E-state index < -0.39 is 0 Å². The average molecular weight is 271 g/mol. The number of aliphatic hydroxyl groups excluding tert-OH is 1. The Morgan fingerprint density at radius 2 is 2.33 bits per heavy atom. The predicted octanol–water partition coefficient (Wildman–Crippen LogP) is 2.15. The van der Waals surface area contributed by atoms with Crippen LogP contribution in [0.15, 0.2) is 12.3 Å². The van der Waals surface area contributed by atoms with Crippen molar-refractivity contribution in [3.63, 3.8) is 0 Å². The lowest BCUT2D eigenvalue weighted by atomic mass is 10.0. The van der Waals surface area contributed by atoms with E-state index in [1.54, 1.807) is 17.2 Å². The summed E-state index contributed by atoms with van der Waals surface area (Å²) in [6.45, 7) is 3.45. The second-order valence-electron chi connectivity index (χ2n) is 4.66. The van der Waals surface area contributed by atoms with Gasteiger partial charge >= 0.3 is 0 Å². The van der Waals surface area contributed by atoms with Crippen molar-refractivity contribution in [2.24, 2.45) is 0 Å². The number of rotatable bonds is 3. The van der Waals surface area contributed by atoms with E-state index in [1.165, 1.54) is 0 Å². The summed E-state index contributed by atoms with van der Waals surface area (Å²) in [5.74, 6) is -0.0255. The molecule has 0 radical (unpaired) electrons. The summed E-state index contributed by atoms with van der Waals surface area (Å²) >= 11 is 5.96. The topological polar surface area (TPSA) is 45.5 Å². The largest absolute Gasteiger partial charge is 0.394 e. The number of aromatic nitrogens is 1. The van der Waals surface area contributed by atoms with Crippen molar-refractivity contribution in [2.45, 2.75) is 38.8 Å². The van der Waals surface area contributed by atoms with Gasteiger partial charge in [0.1, 0.15) is 5.69 Å². The molecule has 1 aromatic heterocycles. The number of aryl methyl sites for hydroxylation is 1. The van der Waals surface area contributed by atoms with Crippen molar-refractivity contribution in [2.75, 3.05) is 13.2 Å². The van der Waals surface area contributed by atoms with Gasteiger partial charge in [-0.3, -0.25) is 4.79 Å². The Hall–Kier alpha value is -1.00. The molecule has 1 N–H and O–H groups in total. The lowest BCUT2D eigenvalue weighted by molar-refractivity contribution is 0.0493. The van der Waals surface area contributed by atoms with Crippen molar-refractivity contribution >= 4 is 17.5 Å². The van der Waals surface area contributed by atoms with Crippen molar-refractivity contribution in [3.8, 4) is 0 Å². The molecule has 0 aliphatic carbocycles. The number of amides is 1. The number of carbonyl (C=O) groups excluding carboxylic acids is 1. The highest BCUT2D eigenvalue weighted by Gasteiger charge is 2.28. The van der Waals surface area contributed by atoms with Crippen LogP contribution in [0.3, 0.4) is 0 Å². The van der Waals surface area contributed by atoms with Crippen molar-refractivity contribution < 1.29 is 9.90 Å². The molecule has 100 valence electrons. The van der Waals surface area contributed by atoms with E-state index in [1.807, 2.05) is 11.5 Å². The van der Waals surface area contributed by atoms with Crippen molar-refractivity contribution in [3.05, 3.63) is 23.0 Å². The molecular formula is C13H19ClN2O2. The molecule has 1 fully saturated rings. The first-order chi connectivity index (χ1) is 8.67. The Morgan fingerprint density at radius 1 is 1.56 bits per heavy atom. The second kappa shape index (κ2) is 5.76. The fourth-order valence-corrected chi connectivity index (χ4v) is 2.74. The normalized spacial score (nSPS) is 20.2. The quantitative estimate of drug-likeness (QED) is 0.915. The maximum Gasteiger partial charge on any atom is 0.270 e. The summed E-state index contributed by atoms with van der Waals surface area (Å²) in [5, 5.41) is 9.94. The highest BCUT2D eigenvalue weighted by atomic mass is 35.5. The number of halogens is 1. The van der Waals surface area contributed by atoms with E-state index >= 15 is 0 Å². The zero-order chi connectivity index (χ0) is 13.1. The molecule has 1 amide bonds. The Balaban J connectivity index is 2.23. The van der Waals surface area contributed by atoms with Crippen LogP contribution < -0.4 is 0 Å². The van der Waals surface area contributed by atoms with Gasteiger partial charge in [-0.05, 0) is 32.3 Å². The van der Waals surface area contributed by atoms with Gasteiger partial charge in [-0.2, -0.15) is 0 Å². The van der Waals surface area contributed by atoms with Gasteiger partial charge in [0.25, 0.3) is 5.91 Å². The molecule has 0 spiro atoms. The SMILES string of the molecule is CCn1cc(Cl)cc1C(=O)N1CCCCC1CO. The van der Waals surface area contributed by atoms with Crippen LogP contribution in [0.4, 0.5) is 0 Å². The maximum absolute atomic E-state index is 12.5. The van der Waals surface area contributed by atoms with E-state index in [0.29, 0.717) is 17.3 Å². The molecule has 1 aromatic rings. The van der Waals surface area contributed by atoms with Crippen LogP contribution in [0, 0.1) is 0 Å². The molecule has 2 rings (SSSR count). The molecule has 0 aromatic carbocycles. The Kier molecular flexibility index (Phi) is 4.30. The van der Waals surface area contributed by atoms with Crippen LogP contribution in [0.2, 0.25) is 5.02 Å². The van der Waals surface area contributed by atoms with E-state index in [2.05, 4.69) is 0 Å². The zero-order valence-electron chi connectivity index (χ0n) is 10.6. The lowest BCUT2D eigenvalue weighted by Crippen LogP contribution is -2.46. The molecule has 0 bridgehead atoms. The number of aliphatic hydroxyl groups is 1. The fourth-order valence-electron chi connectivity index (χ4n) is 2.52. The van der Waals surface area contributed by atoms with Crippen LogP contribution in [0.25, 0.3) is 0 Å². The molecule has 1 unspecified atom stereocenters. The Bertz CT molecular complexity index is 431. The second-order valence-corrected chi connectivity index (χ2v) is 5.10. The molecule has 1 atom stereocenters. The van der Waals surface area contributed by atoms with Gasteiger partial charge in [-0.25, -0.2) is 0 Å². The molecule has 4 nitrogen and oxygen atoms in total. The summed E-state index contributed by atoms with van der Waals surface area (Å²) in [7, 11) is 0. The number of nitrogens with zero attached hydrogens (tertiary/aromatic N) is 2. The average Bonchev–Trinajstić information content (AvgIpc) is 2.79. The maximum atomic E-state index is 12.5. The minimum Gasteiger partial charge on any atom is -0.394 e. The van der Waals surface area contributed by atoms with Crippen LogP contribution in [0.1, 0.15) is 36.7 Å². The molecule has 2 heterocycles. The smallest absolute Gasteiger partial charge is 0.270 e. The van der Waals surface area contributed by atoms with E-state index in [9.17, 15) is 9.90 Å². The van der Waals surface area contributed by atoms with Crippen molar-refractivity contribution in [1.29, 1.82) is 0 Å². The molecule has 1 aliphatic heterocycles. The molecular weight excluding hydrogens is 252 g/mol. The molecule has 0 saturated carbocycles. The van der Waals surface area contributed by atoms with Gasteiger partial charge in [-0.1, -0.05) is 11.6 Å². The van der Waals surface area contributed by atoms with E-state index in [4.69, 9.17) is 11.6 Å². The molecule has 5 heteroatoms. The highest BCUT2D eigenvalue weighted by Crippen LogP contribution is 2.22. The van der Waals surface area contributed by atoms with Gasteiger partial charge in [-0.15, -0.1) is 0 Å². The first-order valence-electron chi connectivity index (χ1n) is 6.45. The van der Waals surface area contributed by atoms with Crippen LogP contribution in [-0.4, -0.2) is 39.7 Å². The number of carbonyl (C=O) groups is 1. The van der Waals surface area contributed by atoms with Crippen LogP contribution in [-0.2, 0) is 6.54 Å². The van der Waals surface area contributed by atoms with E-state index in [0.717, 1.165) is 25.8 Å². The highest BCUT2D eigenvalue weighted by molar-refractivity contribution is 6.31. The third kappa shape index (κ3) is 2.54. The summed E-state index contributed by atoms with van der Waals surface area (Å²) in [5.41, 5.74) is 0.614. The van der Waals surface area contributed by atoms with E-state index in [-0.39, 0.29) is 18.6 Å². The number of likely N-dealkylation sites (tertiary alicyclic amines) is 1. The standard InChI is InChI=1S/C13H19ClN2O2/c1-2-15-8-10(14)7-12(15)13(18)16-6-4-3-5-11(16)9-17/h7-8,11,17H,2-6,9H2,1H3. The summed E-state index contributed by atoms with van der Waals surface area (Å²) < 4.78 is 1.85. The van der Waals surface area contributed by atoms with Gasteiger partial charge in [0.2, 0.25) is 0 Å². The first-order valence-corrected chi connectivity index (χ1v) is 6.82. The van der Waals surface area contributed by atoms with Gasteiger partial charge in [0.15, 0.2) is 0 Å². The molecule has 18 heavy (non-hydrogen) atoms. The van der Waals surface area contributed by atoms with Crippen LogP contribution >= 0.6 is 11.6 Å². The lowest BCUT2D eigenvalue weighted by Gasteiger charge is -2.34. The molecule has 1 saturated heterocycles. The minimum absolute atomic E-state index is 0.0255. The first kappa shape index (κ1) is 13.4. The third-order valence-corrected chi connectivity index (χ3v) is 3.73. The molecule has 1 aliphatic rings. The Morgan fingerprint density at radius 3 is 3.00 bits per heavy atom. The van der Waals surface area contributed by atoms with Crippen LogP contribution in [0.5, 0.6) is 0 Å². The van der Waals surface area contributed by atoms with Crippen molar-refractivity contribution in [1.82, 2.24) is 9.47 Å². The number of hydrogen-bond acceptors (Lipinski definition) is 2. The third-order valence-electron chi connectivity index (χ3n) is 3.52. The van der Waals surface area contributed by atoms with Gasteiger partial charge < -0.3 is 14.6 Å². The number of piperidine rings is 1. The van der Waals surface area contributed by atoms with Gasteiger partial charge in [0, 0.05) is 19.3 Å². The number of hydrogen-bond donors (Lipinski definition) is 1. The minimum atomic E-state index is -0.0507. The summed E-state index contributed by atoms with van der Waals surface area (Å²) in [6.07, 6.45) is 4.73. The zero-order valence-corrected chi connectivity index (χ0v) is 11.4. The monoisotopic (exact) mass is 270 g/mol. The Labute approximate surface area is 112 Å². The summed E-state index contributed by atoms with van der Waals surface area (Å²) in [4.78, 5) is 14.3. The van der Waals surface area contributed by atoms with Gasteiger partial charge in [0.05, 0.1) is 17.7 Å². The predicted molar refractivity (Wildman–Crippen MR) is 70.9 cm³/mol. The fraction of sp³-hybridized carbons (Fsp3) is 0.615. The summed E-state index contributed by atoms with van der Waals surface area (Å²) in [6, 6.07) is 1.65.